The molecule has 0 saturated carbocycles. The van der Waals surface area contributed by atoms with Crippen LogP contribution in [0.2, 0.25) is 0 Å². The number of nitrogens with zero attached hydrogens (tertiary/aromatic N) is 3. The van der Waals surface area contributed by atoms with Gasteiger partial charge >= 0.3 is 0 Å². The lowest BCUT2D eigenvalue weighted by atomic mass is 9.79. The van der Waals surface area contributed by atoms with Gasteiger partial charge in [-0.1, -0.05) is 54.6 Å². The van der Waals surface area contributed by atoms with Crippen LogP contribution < -0.4 is 10.5 Å². The van der Waals surface area contributed by atoms with Crippen LogP contribution in [-0.2, 0) is 10.3 Å². The molecule has 0 saturated heterocycles. The van der Waals surface area contributed by atoms with Crippen molar-refractivity contribution in [1.29, 1.82) is 0 Å². The van der Waals surface area contributed by atoms with Crippen molar-refractivity contribution in [3.05, 3.63) is 95.3 Å². The Morgan fingerprint density at radius 3 is 2.58 bits per heavy atom. The van der Waals surface area contributed by atoms with Crippen LogP contribution in [0.15, 0.2) is 77.8 Å². The average molecular weight is 408 g/mol. The first kappa shape index (κ1) is 18.9. The first-order chi connectivity index (χ1) is 15.0. The normalized spacial score (nSPS) is 21.9. The van der Waals surface area contributed by atoms with Gasteiger partial charge in [-0.3, -0.25) is 9.69 Å². The summed E-state index contributed by atoms with van der Waals surface area (Å²) in [7, 11) is 1.64. The lowest BCUT2D eigenvalue weighted by Crippen LogP contribution is -2.43. The van der Waals surface area contributed by atoms with Gasteiger partial charge in [0.2, 0.25) is 0 Å². The van der Waals surface area contributed by atoms with E-state index in [2.05, 4.69) is 9.84 Å². The van der Waals surface area contributed by atoms with Crippen LogP contribution >= 0.6 is 0 Å². The molecule has 1 amide bonds. The van der Waals surface area contributed by atoms with Crippen LogP contribution in [0.1, 0.15) is 23.7 Å². The SMILES string of the molecule is [C-]#[N+]c1cccc(-c2ccc3c(c2)[C@]2(C[C@H](c4ccccc4)O3)N=C(N)N(C)C2=O)c1. The van der Waals surface area contributed by atoms with E-state index in [-0.39, 0.29) is 18.0 Å². The summed E-state index contributed by atoms with van der Waals surface area (Å²) in [6.45, 7) is 7.28. The number of hydrogen-bond acceptors (Lipinski definition) is 4. The van der Waals surface area contributed by atoms with Crippen molar-refractivity contribution in [2.75, 3.05) is 7.05 Å². The maximum atomic E-state index is 13.4. The van der Waals surface area contributed by atoms with Crippen LogP contribution in [0, 0.1) is 6.57 Å². The van der Waals surface area contributed by atoms with Gasteiger partial charge in [-0.15, -0.1) is 0 Å². The molecule has 3 aromatic carbocycles. The third-order valence-corrected chi connectivity index (χ3v) is 5.96. The highest BCUT2D eigenvalue weighted by Crippen LogP contribution is 2.50. The molecule has 2 atom stereocenters. The minimum absolute atomic E-state index is 0.164. The van der Waals surface area contributed by atoms with Crippen molar-refractivity contribution in [1.82, 2.24) is 4.90 Å². The minimum atomic E-state index is -1.14. The van der Waals surface area contributed by atoms with Gasteiger partial charge in [-0.05, 0) is 34.9 Å². The fourth-order valence-electron chi connectivity index (χ4n) is 4.33. The number of guanidine groups is 1. The molecule has 2 N–H and O–H groups in total. The van der Waals surface area contributed by atoms with Crippen molar-refractivity contribution in [2.24, 2.45) is 10.7 Å². The molecule has 6 nitrogen and oxygen atoms in total. The molecule has 0 bridgehead atoms. The molecule has 2 aliphatic rings. The van der Waals surface area contributed by atoms with Gasteiger partial charge in [0.1, 0.15) is 11.9 Å². The van der Waals surface area contributed by atoms with Crippen molar-refractivity contribution < 1.29 is 9.53 Å². The summed E-state index contributed by atoms with van der Waals surface area (Å²) in [5.74, 6) is 0.651. The Hall–Kier alpha value is -4.11. The molecule has 0 aromatic heterocycles. The summed E-state index contributed by atoms with van der Waals surface area (Å²) in [5.41, 5.74) is 8.97. The van der Waals surface area contributed by atoms with Crippen LogP contribution in [0.3, 0.4) is 0 Å². The van der Waals surface area contributed by atoms with E-state index in [0.717, 1.165) is 16.7 Å². The topological polar surface area (TPSA) is 72.3 Å². The number of amides is 1. The molecule has 1 spiro atoms. The number of hydrogen-bond donors (Lipinski definition) is 1. The van der Waals surface area contributed by atoms with Crippen molar-refractivity contribution >= 4 is 17.6 Å². The first-order valence-corrected chi connectivity index (χ1v) is 9.99. The second kappa shape index (κ2) is 6.99. The Kier molecular flexibility index (Phi) is 4.26. The molecule has 3 aromatic rings. The summed E-state index contributed by atoms with van der Waals surface area (Å²) in [4.78, 5) is 23.0. The van der Waals surface area contributed by atoms with Crippen LogP contribution in [-0.4, -0.2) is 23.8 Å². The van der Waals surface area contributed by atoms with E-state index in [1.54, 1.807) is 13.1 Å². The number of carbonyl (C=O) groups excluding carboxylic acids is 1. The summed E-state index contributed by atoms with van der Waals surface area (Å²) >= 11 is 0. The third kappa shape index (κ3) is 2.94. The van der Waals surface area contributed by atoms with E-state index in [4.69, 9.17) is 17.0 Å². The number of ether oxygens (including phenoxy) is 1. The lowest BCUT2D eigenvalue weighted by molar-refractivity contribution is -0.132. The largest absolute Gasteiger partial charge is 0.485 e. The smallest absolute Gasteiger partial charge is 0.261 e. The third-order valence-electron chi connectivity index (χ3n) is 5.96. The molecule has 152 valence electrons. The number of aliphatic imine (C=N–C) groups is 1. The maximum Gasteiger partial charge on any atom is 0.261 e. The Morgan fingerprint density at radius 1 is 1.10 bits per heavy atom. The Balaban J connectivity index is 1.68. The lowest BCUT2D eigenvalue weighted by Gasteiger charge is -2.37. The van der Waals surface area contributed by atoms with Crippen LogP contribution in [0.5, 0.6) is 5.75 Å². The monoisotopic (exact) mass is 408 g/mol. The summed E-state index contributed by atoms with van der Waals surface area (Å²) in [5, 5.41) is 0. The van der Waals surface area contributed by atoms with Gasteiger partial charge in [0.05, 0.1) is 6.57 Å². The van der Waals surface area contributed by atoms with E-state index in [1.807, 2.05) is 66.7 Å². The second-order valence-electron chi connectivity index (χ2n) is 7.79. The highest BCUT2D eigenvalue weighted by atomic mass is 16.5. The standard InChI is InChI=1S/C25H20N4O2/c1-27-19-10-6-9-17(13-19)18-11-12-21-20(14-18)25(23(30)29(2)24(26)28-25)15-22(31-21)16-7-4-3-5-8-16/h3-14,22H,15H2,2H3,(H2,26,28)/t22-,25+/m1/s1. The zero-order valence-corrected chi connectivity index (χ0v) is 16.9. The summed E-state index contributed by atoms with van der Waals surface area (Å²) < 4.78 is 6.33. The van der Waals surface area contributed by atoms with Crippen LogP contribution in [0.25, 0.3) is 16.0 Å². The summed E-state index contributed by atoms with van der Waals surface area (Å²) in [6.07, 6.45) is 0.0383. The van der Waals surface area contributed by atoms with Crippen LogP contribution in [0.4, 0.5) is 5.69 Å². The van der Waals surface area contributed by atoms with Gasteiger partial charge in [-0.2, -0.15) is 0 Å². The van der Waals surface area contributed by atoms with Gasteiger partial charge in [0.25, 0.3) is 5.91 Å². The van der Waals surface area contributed by atoms with Gasteiger partial charge < -0.3 is 10.5 Å². The molecule has 0 radical (unpaired) electrons. The van der Waals surface area contributed by atoms with E-state index in [9.17, 15) is 4.79 Å². The molecular formula is C25H20N4O2. The van der Waals surface area contributed by atoms with Crippen molar-refractivity contribution in [3.63, 3.8) is 0 Å². The van der Waals surface area contributed by atoms with E-state index < -0.39 is 5.54 Å². The molecule has 2 aliphatic heterocycles. The molecule has 0 fully saturated rings. The van der Waals surface area contributed by atoms with Crippen molar-refractivity contribution in [3.8, 4) is 16.9 Å². The predicted octanol–water partition coefficient (Wildman–Crippen LogP) is 4.41. The number of rotatable bonds is 2. The average Bonchev–Trinajstić information content (AvgIpc) is 3.03. The Morgan fingerprint density at radius 2 is 1.87 bits per heavy atom. The second-order valence-corrected chi connectivity index (χ2v) is 7.79. The van der Waals surface area contributed by atoms with Gasteiger partial charge in [-0.25, -0.2) is 9.84 Å². The molecule has 0 aliphatic carbocycles. The zero-order valence-electron chi connectivity index (χ0n) is 16.9. The van der Waals surface area contributed by atoms with E-state index in [1.165, 1.54) is 4.90 Å². The fourth-order valence-corrected chi connectivity index (χ4v) is 4.33. The highest BCUT2D eigenvalue weighted by molar-refractivity contribution is 6.07. The van der Waals surface area contributed by atoms with Crippen molar-refractivity contribution in [2.45, 2.75) is 18.1 Å². The fraction of sp³-hybridized carbons (Fsp3) is 0.160. The molecule has 5 rings (SSSR count). The molecular weight excluding hydrogens is 388 g/mol. The zero-order chi connectivity index (χ0) is 21.6. The quantitative estimate of drug-likeness (QED) is 0.639. The van der Waals surface area contributed by atoms with E-state index in [0.29, 0.717) is 23.4 Å². The highest BCUT2D eigenvalue weighted by Gasteiger charge is 2.53. The van der Waals surface area contributed by atoms with Gasteiger partial charge in [0, 0.05) is 19.0 Å². The number of carbonyl (C=O) groups is 1. The molecule has 6 heteroatoms. The Labute approximate surface area is 180 Å². The molecule has 2 heterocycles. The Bertz CT molecular complexity index is 1260. The number of fused-ring (bicyclic) bond motifs is 2. The van der Waals surface area contributed by atoms with E-state index >= 15 is 0 Å². The summed E-state index contributed by atoms with van der Waals surface area (Å²) in [6, 6.07) is 23.0. The number of likely N-dealkylation sites (N-methyl/N-ethyl adjacent to an activating group) is 1. The van der Waals surface area contributed by atoms with Gasteiger partial charge in [0.15, 0.2) is 17.2 Å². The number of benzene rings is 3. The number of nitrogens with two attached hydrogens (primary N) is 1. The maximum absolute atomic E-state index is 13.4. The predicted molar refractivity (Wildman–Crippen MR) is 119 cm³/mol. The minimum Gasteiger partial charge on any atom is -0.485 e. The first-order valence-electron chi connectivity index (χ1n) is 9.99. The molecule has 0 unspecified atom stereocenters. The molecule has 31 heavy (non-hydrogen) atoms.